The maximum Gasteiger partial charge on any atom is 0.165 e. The predicted molar refractivity (Wildman–Crippen MR) is 101 cm³/mol. The smallest absolute Gasteiger partial charge is 0.165 e. The average Bonchev–Trinajstić information content (AvgIpc) is 2.86. The van der Waals surface area contributed by atoms with Gasteiger partial charge in [0.05, 0.1) is 25.1 Å². The van der Waals surface area contributed by atoms with Gasteiger partial charge in [-0.3, -0.25) is 0 Å². The molecule has 0 aromatic heterocycles. The van der Waals surface area contributed by atoms with Crippen LogP contribution in [0.5, 0.6) is 5.75 Å². The largest absolute Gasteiger partial charge is 0.505 e. The van der Waals surface area contributed by atoms with Crippen LogP contribution in [-0.4, -0.2) is 61.2 Å². The molecule has 6 nitrogen and oxygen atoms in total. The lowest BCUT2D eigenvalue weighted by molar-refractivity contribution is 0.182. The van der Waals surface area contributed by atoms with Crippen molar-refractivity contribution in [2.75, 3.05) is 26.1 Å². The summed E-state index contributed by atoms with van der Waals surface area (Å²) in [6, 6.07) is 4.04. The van der Waals surface area contributed by atoms with Crippen LogP contribution in [0.1, 0.15) is 25.3 Å². The van der Waals surface area contributed by atoms with Gasteiger partial charge < -0.3 is 20.1 Å². The number of methoxy groups -OCH3 is 1. The van der Waals surface area contributed by atoms with Crippen molar-refractivity contribution in [2.45, 2.75) is 31.1 Å². The van der Waals surface area contributed by atoms with E-state index in [1.165, 1.54) is 19.2 Å². The molecular weight excluding hydrogens is 375 g/mol. The fraction of sp³-hybridized carbons (Fsp3) is 0.474. The SMILES string of the molecule is COCC1=C([C@H](O)CC/C(C)=C/c2ccc(O)c(F)c2)[C@H](CO)S(=O)(=O)C1. The van der Waals surface area contributed by atoms with Crippen molar-refractivity contribution in [3.63, 3.8) is 0 Å². The number of hydrogen-bond donors (Lipinski definition) is 3. The lowest BCUT2D eigenvalue weighted by Crippen LogP contribution is -2.29. The summed E-state index contributed by atoms with van der Waals surface area (Å²) in [5.74, 6) is -1.36. The molecule has 0 bridgehead atoms. The van der Waals surface area contributed by atoms with Gasteiger partial charge in [0, 0.05) is 7.11 Å². The number of benzene rings is 1. The minimum absolute atomic E-state index is 0.0870. The Morgan fingerprint density at radius 3 is 2.74 bits per heavy atom. The van der Waals surface area contributed by atoms with Crippen molar-refractivity contribution in [3.05, 3.63) is 46.3 Å². The molecule has 1 aliphatic heterocycles. The third-order valence-electron chi connectivity index (χ3n) is 4.60. The molecule has 0 aliphatic carbocycles. The van der Waals surface area contributed by atoms with E-state index in [9.17, 15) is 28.1 Å². The number of hydrogen-bond acceptors (Lipinski definition) is 6. The minimum Gasteiger partial charge on any atom is -0.505 e. The van der Waals surface area contributed by atoms with Gasteiger partial charge in [-0.05, 0) is 48.6 Å². The van der Waals surface area contributed by atoms with Crippen LogP contribution in [0.25, 0.3) is 6.08 Å². The van der Waals surface area contributed by atoms with E-state index in [1.54, 1.807) is 12.1 Å². The summed E-state index contributed by atoms with van der Waals surface area (Å²) >= 11 is 0. The molecule has 0 saturated carbocycles. The molecule has 0 radical (unpaired) electrons. The maximum atomic E-state index is 13.4. The van der Waals surface area contributed by atoms with E-state index < -0.39 is 39.4 Å². The highest BCUT2D eigenvalue weighted by molar-refractivity contribution is 7.92. The molecule has 0 saturated heterocycles. The first-order valence-corrected chi connectivity index (χ1v) is 10.3. The first-order chi connectivity index (χ1) is 12.7. The molecule has 3 N–H and O–H groups in total. The first-order valence-electron chi connectivity index (χ1n) is 8.56. The lowest BCUT2D eigenvalue weighted by atomic mass is 9.95. The minimum atomic E-state index is -3.54. The molecule has 1 heterocycles. The van der Waals surface area contributed by atoms with Crippen LogP contribution in [0.3, 0.4) is 0 Å². The van der Waals surface area contributed by atoms with Gasteiger partial charge in [-0.1, -0.05) is 17.7 Å². The normalized spacial score (nSPS) is 20.9. The van der Waals surface area contributed by atoms with E-state index in [-0.39, 0.29) is 18.8 Å². The van der Waals surface area contributed by atoms with E-state index in [4.69, 9.17) is 4.74 Å². The monoisotopic (exact) mass is 400 g/mol. The second-order valence-electron chi connectivity index (χ2n) is 6.73. The third-order valence-corrected chi connectivity index (χ3v) is 6.63. The Bertz CT molecular complexity index is 844. The molecule has 8 heteroatoms. The number of halogens is 1. The van der Waals surface area contributed by atoms with Crippen molar-refractivity contribution in [2.24, 2.45) is 0 Å². The summed E-state index contributed by atoms with van der Waals surface area (Å²) in [5, 5.41) is 28.2. The molecule has 1 aromatic carbocycles. The van der Waals surface area contributed by atoms with Crippen LogP contribution in [0.15, 0.2) is 34.9 Å². The van der Waals surface area contributed by atoms with Gasteiger partial charge in [0.1, 0.15) is 5.25 Å². The molecular formula is C19H25FO6S. The van der Waals surface area contributed by atoms with Gasteiger partial charge in [-0.25, -0.2) is 12.8 Å². The fourth-order valence-electron chi connectivity index (χ4n) is 3.30. The molecule has 0 spiro atoms. The summed E-state index contributed by atoms with van der Waals surface area (Å²) in [5.41, 5.74) is 2.25. The van der Waals surface area contributed by atoms with Gasteiger partial charge in [-0.15, -0.1) is 0 Å². The molecule has 150 valence electrons. The van der Waals surface area contributed by atoms with E-state index in [1.807, 2.05) is 6.92 Å². The van der Waals surface area contributed by atoms with Gasteiger partial charge in [0.25, 0.3) is 0 Å². The van der Waals surface area contributed by atoms with Crippen LogP contribution < -0.4 is 0 Å². The molecule has 0 amide bonds. The van der Waals surface area contributed by atoms with Gasteiger partial charge in [-0.2, -0.15) is 0 Å². The van der Waals surface area contributed by atoms with Crippen LogP contribution in [0.2, 0.25) is 0 Å². The Morgan fingerprint density at radius 2 is 2.15 bits per heavy atom. The molecule has 27 heavy (non-hydrogen) atoms. The van der Waals surface area contributed by atoms with Gasteiger partial charge >= 0.3 is 0 Å². The topological polar surface area (TPSA) is 104 Å². The van der Waals surface area contributed by atoms with E-state index in [0.717, 1.165) is 5.57 Å². The van der Waals surface area contributed by atoms with Gasteiger partial charge in [0.2, 0.25) is 0 Å². The van der Waals surface area contributed by atoms with Crippen molar-refractivity contribution < 1.29 is 32.9 Å². The maximum absolute atomic E-state index is 13.4. The Kier molecular flexibility index (Phi) is 7.16. The Labute approximate surface area is 158 Å². The van der Waals surface area contributed by atoms with Crippen molar-refractivity contribution in [1.29, 1.82) is 0 Å². The highest BCUT2D eigenvalue weighted by Crippen LogP contribution is 2.32. The number of ether oxygens (including phenoxy) is 1. The number of rotatable bonds is 8. The van der Waals surface area contributed by atoms with Crippen molar-refractivity contribution in [3.8, 4) is 5.75 Å². The summed E-state index contributed by atoms with van der Waals surface area (Å²) in [6.07, 6.45) is 1.42. The molecule has 1 aromatic rings. The van der Waals surface area contributed by atoms with Crippen molar-refractivity contribution in [1.82, 2.24) is 0 Å². The number of aliphatic hydroxyl groups is 2. The number of aliphatic hydroxyl groups excluding tert-OH is 2. The van der Waals surface area contributed by atoms with Crippen LogP contribution >= 0.6 is 0 Å². The quantitative estimate of drug-likeness (QED) is 0.575. The lowest BCUT2D eigenvalue weighted by Gasteiger charge is -2.19. The number of phenols is 1. The summed E-state index contributed by atoms with van der Waals surface area (Å²) in [7, 11) is -2.10. The Hall–Kier alpha value is -1.74. The number of phenolic OH excluding ortho intramolecular Hbond substituents is 1. The summed E-state index contributed by atoms with van der Waals surface area (Å²) < 4.78 is 42.8. The van der Waals surface area contributed by atoms with Crippen LogP contribution in [-0.2, 0) is 14.6 Å². The Balaban J connectivity index is 2.12. The second-order valence-corrected chi connectivity index (χ2v) is 8.91. The van der Waals surface area contributed by atoms with Crippen LogP contribution in [0.4, 0.5) is 4.39 Å². The zero-order valence-electron chi connectivity index (χ0n) is 15.4. The molecule has 2 rings (SSSR count). The summed E-state index contributed by atoms with van der Waals surface area (Å²) in [6.45, 7) is 1.32. The van der Waals surface area contributed by atoms with Crippen molar-refractivity contribution >= 4 is 15.9 Å². The molecule has 2 atom stereocenters. The summed E-state index contributed by atoms with van der Waals surface area (Å²) in [4.78, 5) is 0. The third kappa shape index (κ3) is 5.16. The van der Waals surface area contributed by atoms with E-state index in [2.05, 4.69) is 0 Å². The predicted octanol–water partition coefficient (Wildman–Crippen LogP) is 1.81. The fourth-order valence-corrected chi connectivity index (χ4v) is 5.17. The van der Waals surface area contributed by atoms with E-state index in [0.29, 0.717) is 23.1 Å². The standard InChI is InChI=1S/C19H25FO6S/c1-12(7-13-4-6-16(22)15(20)8-13)3-5-17(23)19-14(10-26-2)11-27(24,25)18(19)9-21/h4,6-8,17-18,21-23H,3,5,9-11H2,1-2H3/b12-7+/t17-,18+/m1/s1. The average molecular weight is 400 g/mol. The highest BCUT2D eigenvalue weighted by atomic mass is 32.2. The number of sulfone groups is 1. The van der Waals surface area contributed by atoms with Crippen LogP contribution in [0, 0.1) is 5.82 Å². The zero-order valence-corrected chi connectivity index (χ0v) is 16.2. The molecule has 0 fully saturated rings. The number of aromatic hydroxyl groups is 1. The second kappa shape index (κ2) is 8.97. The molecule has 1 aliphatic rings. The first kappa shape index (κ1) is 21.6. The Morgan fingerprint density at radius 1 is 1.44 bits per heavy atom. The number of allylic oxidation sites excluding steroid dienone is 1. The molecule has 0 unspecified atom stereocenters. The van der Waals surface area contributed by atoms with E-state index >= 15 is 0 Å². The highest BCUT2D eigenvalue weighted by Gasteiger charge is 2.40. The van der Waals surface area contributed by atoms with Gasteiger partial charge in [0.15, 0.2) is 21.4 Å². The zero-order chi connectivity index (χ0) is 20.2.